The van der Waals surface area contributed by atoms with Crippen molar-refractivity contribution in [3.05, 3.63) is 54.1 Å². The topological polar surface area (TPSA) is 80.3 Å². The van der Waals surface area contributed by atoms with Crippen LogP contribution in [0, 0.1) is 0 Å². The van der Waals surface area contributed by atoms with Crippen molar-refractivity contribution in [3.63, 3.8) is 0 Å². The Hall–Kier alpha value is -2.93. The highest BCUT2D eigenvalue weighted by molar-refractivity contribution is 7.22. The van der Waals surface area contributed by atoms with Gasteiger partial charge in [0.25, 0.3) is 5.91 Å². The average molecular weight is 369 g/mol. The first-order valence-electron chi connectivity index (χ1n) is 8.15. The fourth-order valence-electron chi connectivity index (χ4n) is 2.48. The van der Waals surface area contributed by atoms with Gasteiger partial charge in [-0.3, -0.25) is 9.59 Å². The summed E-state index contributed by atoms with van der Waals surface area (Å²) in [6.45, 7) is 1.80. The number of fused-ring (bicyclic) bond motifs is 1. The largest absolute Gasteiger partial charge is 0.497 e. The molecule has 0 aliphatic heterocycles. The molecule has 3 rings (SSSR count). The third kappa shape index (κ3) is 4.37. The predicted octanol–water partition coefficient (Wildman–Crippen LogP) is 3.45. The molecule has 0 saturated carbocycles. The van der Waals surface area contributed by atoms with E-state index in [9.17, 15) is 9.59 Å². The van der Waals surface area contributed by atoms with Crippen LogP contribution in [-0.4, -0.2) is 29.9 Å². The second kappa shape index (κ2) is 7.97. The van der Waals surface area contributed by atoms with E-state index >= 15 is 0 Å². The highest BCUT2D eigenvalue weighted by Crippen LogP contribution is 2.29. The van der Waals surface area contributed by atoms with Gasteiger partial charge in [0.2, 0.25) is 5.91 Å². The molecule has 6 nitrogen and oxygen atoms in total. The van der Waals surface area contributed by atoms with Crippen LogP contribution in [0.4, 0.5) is 5.13 Å². The smallest absolute Gasteiger partial charge is 0.251 e. The number of thiazole rings is 1. The monoisotopic (exact) mass is 369 g/mol. The van der Waals surface area contributed by atoms with Gasteiger partial charge >= 0.3 is 0 Å². The van der Waals surface area contributed by atoms with Crippen LogP contribution in [0.3, 0.4) is 0 Å². The summed E-state index contributed by atoms with van der Waals surface area (Å²) >= 11 is 1.38. The lowest BCUT2D eigenvalue weighted by molar-refractivity contribution is -0.116. The number of benzene rings is 2. The van der Waals surface area contributed by atoms with Crippen LogP contribution < -0.4 is 15.4 Å². The van der Waals surface area contributed by atoms with Gasteiger partial charge in [0.1, 0.15) is 5.75 Å². The van der Waals surface area contributed by atoms with Gasteiger partial charge in [-0.15, -0.1) is 0 Å². The van der Waals surface area contributed by atoms with E-state index in [-0.39, 0.29) is 24.3 Å². The molecule has 1 heterocycles. The van der Waals surface area contributed by atoms with Gasteiger partial charge in [-0.25, -0.2) is 4.98 Å². The van der Waals surface area contributed by atoms with Crippen molar-refractivity contribution >= 4 is 38.5 Å². The second-order valence-corrected chi connectivity index (χ2v) is 6.88. The Morgan fingerprint density at radius 3 is 2.69 bits per heavy atom. The lowest BCUT2D eigenvalue weighted by Gasteiger charge is -2.13. The van der Waals surface area contributed by atoms with E-state index in [0.29, 0.717) is 10.7 Å². The zero-order valence-electron chi connectivity index (χ0n) is 14.5. The number of carbonyl (C=O) groups excluding carboxylic acids is 2. The van der Waals surface area contributed by atoms with Crippen molar-refractivity contribution in [2.75, 3.05) is 12.4 Å². The number of aromatic nitrogens is 1. The van der Waals surface area contributed by atoms with E-state index in [4.69, 9.17) is 4.74 Å². The minimum absolute atomic E-state index is 0.165. The molecule has 0 radical (unpaired) electrons. The number of amides is 2. The lowest BCUT2D eigenvalue weighted by Crippen LogP contribution is -2.35. The highest BCUT2D eigenvalue weighted by atomic mass is 32.1. The summed E-state index contributed by atoms with van der Waals surface area (Å²) in [4.78, 5) is 28.7. The fraction of sp³-hybridized carbons (Fsp3) is 0.211. The number of anilines is 1. The zero-order chi connectivity index (χ0) is 18.5. The number of methoxy groups -OCH3 is 1. The third-order valence-corrected chi connectivity index (χ3v) is 4.68. The molecule has 2 N–H and O–H groups in total. The molecule has 0 aliphatic carbocycles. The number of nitrogens with one attached hydrogen (secondary N) is 2. The molecule has 0 spiro atoms. The summed E-state index contributed by atoms with van der Waals surface area (Å²) in [6, 6.07) is 14.2. The SMILES string of the molecule is COc1ccc2nc(NC(=O)CC(C)NC(=O)c3ccccc3)sc2c1. The van der Waals surface area contributed by atoms with Crippen molar-refractivity contribution < 1.29 is 14.3 Å². The van der Waals surface area contributed by atoms with Crippen molar-refractivity contribution in [3.8, 4) is 5.75 Å². The second-order valence-electron chi connectivity index (χ2n) is 5.85. The van der Waals surface area contributed by atoms with Gasteiger partial charge in [-0.1, -0.05) is 29.5 Å². The van der Waals surface area contributed by atoms with E-state index < -0.39 is 0 Å². The van der Waals surface area contributed by atoms with Gasteiger partial charge < -0.3 is 15.4 Å². The van der Waals surface area contributed by atoms with E-state index in [1.807, 2.05) is 24.3 Å². The molecule has 1 unspecified atom stereocenters. The van der Waals surface area contributed by atoms with Crippen LogP contribution in [-0.2, 0) is 4.79 Å². The summed E-state index contributed by atoms with van der Waals surface area (Å²) in [5, 5.41) is 6.14. The molecule has 1 atom stereocenters. The molecule has 0 fully saturated rings. The molecule has 26 heavy (non-hydrogen) atoms. The maximum absolute atomic E-state index is 12.2. The summed E-state index contributed by atoms with van der Waals surface area (Å²) < 4.78 is 6.13. The Labute approximate surface area is 155 Å². The van der Waals surface area contributed by atoms with Crippen LogP contribution in [0.1, 0.15) is 23.7 Å². The van der Waals surface area contributed by atoms with Crippen molar-refractivity contribution in [1.29, 1.82) is 0 Å². The van der Waals surface area contributed by atoms with Gasteiger partial charge in [0.05, 0.1) is 17.3 Å². The predicted molar refractivity (Wildman–Crippen MR) is 103 cm³/mol. The number of carbonyl (C=O) groups is 2. The van der Waals surface area contributed by atoms with Crippen LogP contribution in [0.25, 0.3) is 10.2 Å². The molecule has 0 bridgehead atoms. The normalized spacial score (nSPS) is 11.8. The van der Waals surface area contributed by atoms with Crippen molar-refractivity contribution in [2.45, 2.75) is 19.4 Å². The molecular formula is C19H19N3O3S. The fourth-order valence-corrected chi connectivity index (χ4v) is 3.39. The first kappa shape index (κ1) is 17.9. The minimum Gasteiger partial charge on any atom is -0.497 e. The Morgan fingerprint density at radius 2 is 1.96 bits per heavy atom. The first-order valence-corrected chi connectivity index (χ1v) is 8.97. The average Bonchev–Trinajstić information content (AvgIpc) is 3.03. The number of nitrogens with zero attached hydrogens (tertiary/aromatic N) is 1. The maximum Gasteiger partial charge on any atom is 0.251 e. The summed E-state index contributed by atoms with van der Waals surface area (Å²) in [5.41, 5.74) is 1.37. The third-order valence-electron chi connectivity index (χ3n) is 3.75. The number of rotatable bonds is 6. The molecule has 2 aromatic carbocycles. The summed E-state index contributed by atoms with van der Waals surface area (Å²) in [5.74, 6) is 0.353. The van der Waals surface area contributed by atoms with Gasteiger partial charge in [-0.2, -0.15) is 0 Å². The minimum atomic E-state index is -0.294. The number of hydrogen-bond donors (Lipinski definition) is 2. The van der Waals surface area contributed by atoms with E-state index in [1.165, 1.54) is 11.3 Å². The van der Waals surface area contributed by atoms with Crippen molar-refractivity contribution in [2.24, 2.45) is 0 Å². The van der Waals surface area contributed by atoms with Crippen LogP contribution in [0.5, 0.6) is 5.75 Å². The Morgan fingerprint density at radius 1 is 1.19 bits per heavy atom. The van der Waals surface area contributed by atoms with Crippen LogP contribution >= 0.6 is 11.3 Å². The van der Waals surface area contributed by atoms with Crippen molar-refractivity contribution in [1.82, 2.24) is 10.3 Å². The van der Waals surface area contributed by atoms with Gasteiger partial charge in [-0.05, 0) is 37.3 Å². The summed E-state index contributed by atoms with van der Waals surface area (Å²) in [6.07, 6.45) is 0.165. The summed E-state index contributed by atoms with van der Waals surface area (Å²) in [7, 11) is 1.61. The highest BCUT2D eigenvalue weighted by Gasteiger charge is 2.15. The van der Waals surface area contributed by atoms with E-state index in [2.05, 4.69) is 15.6 Å². The molecule has 1 aromatic heterocycles. The molecule has 0 aliphatic rings. The van der Waals surface area contributed by atoms with Crippen LogP contribution in [0.2, 0.25) is 0 Å². The Balaban J connectivity index is 1.57. The van der Waals surface area contributed by atoms with Gasteiger partial charge in [0, 0.05) is 18.0 Å². The molecule has 7 heteroatoms. The molecule has 3 aromatic rings. The van der Waals surface area contributed by atoms with E-state index in [0.717, 1.165) is 16.0 Å². The number of hydrogen-bond acceptors (Lipinski definition) is 5. The van der Waals surface area contributed by atoms with E-state index in [1.54, 1.807) is 38.3 Å². The first-order chi connectivity index (χ1) is 12.5. The quantitative estimate of drug-likeness (QED) is 0.697. The molecular weight excluding hydrogens is 350 g/mol. The maximum atomic E-state index is 12.2. The molecule has 134 valence electrons. The standard InChI is InChI=1S/C19H19N3O3S/c1-12(20-18(24)13-6-4-3-5-7-13)10-17(23)22-19-21-15-9-8-14(25-2)11-16(15)26-19/h3-9,11-12H,10H2,1-2H3,(H,20,24)(H,21,22,23). The Kier molecular flexibility index (Phi) is 5.48. The van der Waals surface area contributed by atoms with Gasteiger partial charge in [0.15, 0.2) is 5.13 Å². The molecule has 2 amide bonds. The zero-order valence-corrected chi connectivity index (χ0v) is 15.3. The molecule has 0 saturated heterocycles. The number of ether oxygens (including phenoxy) is 1. The Bertz CT molecular complexity index is 924. The lowest BCUT2D eigenvalue weighted by atomic mass is 10.1. The van der Waals surface area contributed by atoms with Crippen LogP contribution in [0.15, 0.2) is 48.5 Å².